The Hall–Kier alpha value is -2.90. The molecule has 0 aliphatic heterocycles. The number of nitrogens with one attached hydrogen (secondary N) is 2. The first-order valence-electron chi connectivity index (χ1n) is 9.96. The lowest BCUT2D eigenvalue weighted by atomic mass is 9.99. The van der Waals surface area contributed by atoms with Crippen molar-refractivity contribution in [1.29, 1.82) is 0 Å². The summed E-state index contributed by atoms with van der Waals surface area (Å²) in [6, 6.07) is 19.4. The van der Waals surface area contributed by atoms with Crippen LogP contribution in [0, 0.1) is 6.92 Å². The summed E-state index contributed by atoms with van der Waals surface area (Å²) in [4.78, 5) is 18.5. The quantitative estimate of drug-likeness (QED) is 0.295. The number of halogens is 1. The number of furan rings is 1. The summed E-state index contributed by atoms with van der Waals surface area (Å²) in [5.74, 6) is 0.797. The standard InChI is InChI=1S/C24H22BrN3O2S/c1-3-18-14-19(24(31-18)28-23(29)20-7-5-13-30-20)22(16-9-11-17(25)12-10-16)27-21-8-4-6-15(2)26-21/h4-14,22H,3H2,1-2H3,(H,26,27)(H,28,29)/t22-/m0/s1. The molecular weight excluding hydrogens is 474 g/mol. The van der Waals surface area contributed by atoms with Gasteiger partial charge in [-0.15, -0.1) is 11.3 Å². The van der Waals surface area contributed by atoms with Crippen molar-refractivity contribution in [3.8, 4) is 0 Å². The molecule has 0 saturated heterocycles. The minimum atomic E-state index is -0.265. The number of nitrogens with zero attached hydrogens (tertiary/aromatic N) is 1. The van der Waals surface area contributed by atoms with E-state index >= 15 is 0 Å². The molecule has 0 bridgehead atoms. The highest BCUT2D eigenvalue weighted by molar-refractivity contribution is 9.10. The molecule has 0 spiro atoms. The molecule has 1 aromatic carbocycles. The first-order valence-corrected chi connectivity index (χ1v) is 11.6. The second kappa shape index (κ2) is 9.49. The number of carbonyl (C=O) groups is 1. The number of aryl methyl sites for hydroxylation is 2. The van der Waals surface area contributed by atoms with Gasteiger partial charge in [-0.3, -0.25) is 4.79 Å². The molecule has 0 unspecified atom stereocenters. The van der Waals surface area contributed by atoms with E-state index in [1.807, 2.05) is 37.3 Å². The second-order valence-electron chi connectivity index (χ2n) is 7.08. The maximum absolute atomic E-state index is 12.7. The molecule has 1 atom stereocenters. The monoisotopic (exact) mass is 495 g/mol. The van der Waals surface area contributed by atoms with Crippen LogP contribution in [0.25, 0.3) is 0 Å². The van der Waals surface area contributed by atoms with Gasteiger partial charge in [0, 0.05) is 20.6 Å². The van der Waals surface area contributed by atoms with E-state index in [9.17, 15) is 4.79 Å². The van der Waals surface area contributed by atoms with E-state index in [4.69, 9.17) is 4.42 Å². The predicted molar refractivity (Wildman–Crippen MR) is 129 cm³/mol. The van der Waals surface area contributed by atoms with Gasteiger partial charge in [0.2, 0.25) is 0 Å². The smallest absolute Gasteiger partial charge is 0.291 e. The van der Waals surface area contributed by atoms with Gasteiger partial charge >= 0.3 is 0 Å². The van der Waals surface area contributed by atoms with Crippen LogP contribution >= 0.6 is 27.3 Å². The van der Waals surface area contributed by atoms with Gasteiger partial charge in [-0.2, -0.15) is 0 Å². The van der Waals surface area contributed by atoms with Crippen LogP contribution in [0.5, 0.6) is 0 Å². The zero-order valence-corrected chi connectivity index (χ0v) is 19.6. The van der Waals surface area contributed by atoms with Crippen molar-refractivity contribution >= 4 is 44.0 Å². The Morgan fingerprint density at radius 3 is 2.65 bits per heavy atom. The molecule has 0 radical (unpaired) electrons. The Labute approximate surface area is 193 Å². The van der Waals surface area contributed by atoms with E-state index in [2.05, 4.69) is 56.7 Å². The molecule has 2 N–H and O–H groups in total. The van der Waals surface area contributed by atoms with Crippen molar-refractivity contribution < 1.29 is 9.21 Å². The molecule has 0 aliphatic carbocycles. The van der Waals surface area contributed by atoms with Gasteiger partial charge in [0.1, 0.15) is 10.8 Å². The van der Waals surface area contributed by atoms with Gasteiger partial charge in [0.15, 0.2) is 5.76 Å². The Kier molecular flexibility index (Phi) is 6.53. The molecule has 4 rings (SSSR count). The number of aromatic nitrogens is 1. The van der Waals surface area contributed by atoms with Gasteiger partial charge in [-0.1, -0.05) is 41.1 Å². The van der Waals surface area contributed by atoms with E-state index in [-0.39, 0.29) is 17.7 Å². The highest BCUT2D eigenvalue weighted by Crippen LogP contribution is 2.38. The summed E-state index contributed by atoms with van der Waals surface area (Å²) in [5.41, 5.74) is 3.00. The highest BCUT2D eigenvalue weighted by atomic mass is 79.9. The van der Waals surface area contributed by atoms with Crippen LogP contribution in [-0.2, 0) is 6.42 Å². The van der Waals surface area contributed by atoms with Crippen LogP contribution in [0.15, 0.2) is 75.8 Å². The molecule has 0 aliphatic rings. The molecule has 0 saturated carbocycles. The molecule has 1 amide bonds. The van der Waals surface area contributed by atoms with Crippen LogP contribution in [0.4, 0.5) is 10.8 Å². The molecule has 31 heavy (non-hydrogen) atoms. The first-order chi connectivity index (χ1) is 15.0. The number of anilines is 2. The van der Waals surface area contributed by atoms with Crippen molar-refractivity contribution in [3.05, 3.63) is 98.9 Å². The number of carbonyl (C=O) groups excluding carboxylic acids is 1. The maximum atomic E-state index is 12.7. The number of hydrogen-bond donors (Lipinski definition) is 2. The fraction of sp³-hybridized carbons (Fsp3) is 0.167. The lowest BCUT2D eigenvalue weighted by Crippen LogP contribution is -2.17. The van der Waals surface area contributed by atoms with Crippen molar-refractivity contribution in [1.82, 2.24) is 4.98 Å². The minimum absolute atomic E-state index is 0.189. The van der Waals surface area contributed by atoms with Crippen LogP contribution in [0.3, 0.4) is 0 Å². The lowest BCUT2D eigenvalue weighted by Gasteiger charge is -2.21. The number of amides is 1. The third-order valence-corrected chi connectivity index (χ3v) is 6.57. The number of benzene rings is 1. The van der Waals surface area contributed by atoms with E-state index in [0.29, 0.717) is 0 Å². The Bertz CT molecular complexity index is 1170. The van der Waals surface area contributed by atoms with Crippen molar-refractivity contribution in [3.63, 3.8) is 0 Å². The Morgan fingerprint density at radius 2 is 1.97 bits per heavy atom. The fourth-order valence-electron chi connectivity index (χ4n) is 3.28. The summed E-state index contributed by atoms with van der Waals surface area (Å²) >= 11 is 5.10. The summed E-state index contributed by atoms with van der Waals surface area (Å²) < 4.78 is 6.28. The van der Waals surface area contributed by atoms with E-state index < -0.39 is 0 Å². The molecule has 3 aromatic heterocycles. The SMILES string of the molecule is CCc1cc([C@@H](Nc2cccc(C)n2)c2ccc(Br)cc2)c(NC(=O)c2ccco2)s1. The molecular formula is C24H22BrN3O2S. The minimum Gasteiger partial charge on any atom is -0.459 e. The van der Waals surface area contributed by atoms with Crippen molar-refractivity contribution in [2.24, 2.45) is 0 Å². The molecule has 158 valence electrons. The Morgan fingerprint density at radius 1 is 1.16 bits per heavy atom. The normalized spacial score (nSPS) is 11.8. The van der Waals surface area contributed by atoms with Gasteiger partial charge in [0.05, 0.1) is 12.3 Å². The summed E-state index contributed by atoms with van der Waals surface area (Å²) in [7, 11) is 0. The summed E-state index contributed by atoms with van der Waals surface area (Å²) in [5, 5.41) is 7.40. The largest absolute Gasteiger partial charge is 0.459 e. The zero-order valence-electron chi connectivity index (χ0n) is 17.2. The first kappa shape index (κ1) is 21.3. The van der Waals surface area contributed by atoms with Crippen LogP contribution in [0.1, 0.15) is 45.2 Å². The zero-order chi connectivity index (χ0) is 21.8. The van der Waals surface area contributed by atoms with Gasteiger partial charge in [-0.05, 0) is 61.4 Å². The third-order valence-electron chi connectivity index (χ3n) is 4.83. The molecule has 7 heteroatoms. The van der Waals surface area contributed by atoms with Gasteiger partial charge < -0.3 is 15.1 Å². The van der Waals surface area contributed by atoms with Crippen LogP contribution < -0.4 is 10.6 Å². The molecule has 0 fully saturated rings. The summed E-state index contributed by atoms with van der Waals surface area (Å²) in [6.07, 6.45) is 2.38. The van der Waals surface area contributed by atoms with E-state index in [0.717, 1.165) is 38.5 Å². The molecule has 5 nitrogen and oxygen atoms in total. The second-order valence-corrected chi connectivity index (χ2v) is 9.13. The number of thiophene rings is 1. The average Bonchev–Trinajstić information content (AvgIpc) is 3.43. The number of rotatable bonds is 7. The molecule has 4 aromatic rings. The highest BCUT2D eigenvalue weighted by Gasteiger charge is 2.23. The number of pyridine rings is 1. The van der Waals surface area contributed by atoms with Gasteiger partial charge in [0.25, 0.3) is 5.91 Å². The van der Waals surface area contributed by atoms with Crippen molar-refractivity contribution in [2.45, 2.75) is 26.3 Å². The average molecular weight is 496 g/mol. The molecule has 3 heterocycles. The summed E-state index contributed by atoms with van der Waals surface area (Å²) in [6.45, 7) is 4.08. The fourth-order valence-corrected chi connectivity index (χ4v) is 4.58. The lowest BCUT2D eigenvalue weighted by molar-refractivity contribution is 0.0997. The van der Waals surface area contributed by atoms with Gasteiger partial charge in [-0.25, -0.2) is 4.98 Å². The van der Waals surface area contributed by atoms with E-state index in [1.165, 1.54) is 11.1 Å². The van der Waals surface area contributed by atoms with Crippen molar-refractivity contribution in [2.75, 3.05) is 10.6 Å². The topological polar surface area (TPSA) is 67.2 Å². The number of hydrogen-bond acceptors (Lipinski definition) is 5. The third kappa shape index (κ3) is 5.06. The Balaban J connectivity index is 1.75. The van der Waals surface area contributed by atoms with Crippen LogP contribution in [-0.4, -0.2) is 10.9 Å². The maximum Gasteiger partial charge on any atom is 0.291 e. The van der Waals surface area contributed by atoms with Crippen LogP contribution in [0.2, 0.25) is 0 Å². The predicted octanol–water partition coefficient (Wildman–Crippen LogP) is 6.82. The van der Waals surface area contributed by atoms with E-state index in [1.54, 1.807) is 23.5 Å².